The van der Waals surface area contributed by atoms with Crippen molar-refractivity contribution in [2.45, 2.75) is 31.7 Å². The van der Waals surface area contributed by atoms with Crippen LogP contribution in [0, 0.1) is 11.8 Å². The smallest absolute Gasteiger partial charge is 0.309 e. The molecule has 3 rings (SSSR count). The lowest BCUT2D eigenvalue weighted by molar-refractivity contribution is -0.150. The molecule has 0 saturated carbocycles. The first-order valence-corrected chi connectivity index (χ1v) is 12.7. The molecule has 0 radical (unpaired) electrons. The molecule has 0 bridgehead atoms. The van der Waals surface area contributed by atoms with Crippen LogP contribution in [0.1, 0.15) is 36.4 Å². The zero-order valence-corrected chi connectivity index (χ0v) is 21.0. The van der Waals surface area contributed by atoms with E-state index in [0.717, 1.165) is 11.1 Å². The van der Waals surface area contributed by atoms with Crippen LogP contribution in [-0.4, -0.2) is 55.9 Å². The molecule has 37 heavy (non-hydrogen) atoms. The van der Waals surface area contributed by atoms with Crippen molar-refractivity contribution < 1.29 is 29.0 Å². The second kappa shape index (κ2) is 15.6. The van der Waals surface area contributed by atoms with Gasteiger partial charge in [-0.15, -0.1) is 0 Å². The average Bonchev–Trinajstić information content (AvgIpc) is 2.92. The summed E-state index contributed by atoms with van der Waals surface area (Å²) in [7, 11) is 0. The molecule has 0 aromatic heterocycles. The van der Waals surface area contributed by atoms with E-state index >= 15 is 0 Å². The molecule has 1 aliphatic heterocycles. The number of aliphatic hydroxyl groups is 1. The summed E-state index contributed by atoms with van der Waals surface area (Å²) in [6.45, 7) is 0.722. The van der Waals surface area contributed by atoms with Gasteiger partial charge in [0.25, 0.3) is 0 Å². The predicted molar refractivity (Wildman–Crippen MR) is 139 cm³/mol. The minimum Gasteiger partial charge on any atom is -0.463 e. The fraction of sp³-hybridized carbons (Fsp3) is 0.414. The summed E-state index contributed by atoms with van der Waals surface area (Å²) in [5, 5.41) is 14.5. The highest BCUT2D eigenvalue weighted by Gasteiger charge is 2.27. The van der Waals surface area contributed by atoms with Gasteiger partial charge in [-0.2, -0.15) is 0 Å². The van der Waals surface area contributed by atoms with Crippen LogP contribution >= 0.6 is 0 Å². The molecule has 198 valence electrons. The van der Waals surface area contributed by atoms with Crippen LogP contribution < -0.4 is 10.6 Å². The average molecular weight is 509 g/mol. The van der Waals surface area contributed by atoms with Gasteiger partial charge in [0, 0.05) is 13.0 Å². The molecule has 1 aliphatic rings. The van der Waals surface area contributed by atoms with Crippen LogP contribution in [0.5, 0.6) is 0 Å². The number of benzene rings is 2. The third-order valence-corrected chi connectivity index (χ3v) is 6.18. The van der Waals surface area contributed by atoms with Gasteiger partial charge in [-0.1, -0.05) is 72.8 Å². The lowest BCUT2D eigenvalue weighted by Crippen LogP contribution is -2.39. The summed E-state index contributed by atoms with van der Waals surface area (Å²) in [5.41, 5.74) is 1.87. The normalized spacial score (nSPS) is 20.7. The molecule has 0 spiro atoms. The predicted octanol–water partition coefficient (Wildman–Crippen LogP) is 2.73. The van der Waals surface area contributed by atoms with Crippen molar-refractivity contribution in [3.8, 4) is 0 Å². The number of carbonyl (C=O) groups is 3. The molecule has 2 amide bonds. The van der Waals surface area contributed by atoms with Gasteiger partial charge in [-0.25, -0.2) is 0 Å². The topological polar surface area (TPSA) is 114 Å². The molecule has 0 fully saturated rings. The molecule has 8 nitrogen and oxygen atoms in total. The number of amides is 2. The van der Waals surface area contributed by atoms with Crippen molar-refractivity contribution in [1.82, 2.24) is 10.6 Å². The van der Waals surface area contributed by atoms with Crippen molar-refractivity contribution in [2.24, 2.45) is 11.8 Å². The third kappa shape index (κ3) is 9.82. The number of cyclic esters (lactones) is 1. The number of aliphatic hydroxyl groups excluding tert-OH is 1. The number of hydrogen-bond acceptors (Lipinski definition) is 6. The van der Waals surface area contributed by atoms with Gasteiger partial charge in [0.05, 0.1) is 37.7 Å². The molecule has 2 aromatic carbocycles. The van der Waals surface area contributed by atoms with Gasteiger partial charge in [-0.3, -0.25) is 14.4 Å². The van der Waals surface area contributed by atoms with E-state index in [1.165, 1.54) is 0 Å². The number of nitrogens with one attached hydrogen (secondary N) is 2. The first kappa shape index (κ1) is 28.1. The fourth-order valence-corrected chi connectivity index (χ4v) is 4.17. The molecule has 2 aromatic rings. The quantitative estimate of drug-likeness (QED) is 0.258. The summed E-state index contributed by atoms with van der Waals surface area (Å²) in [6.07, 6.45) is 5.18. The highest BCUT2D eigenvalue weighted by molar-refractivity contribution is 5.86. The Morgan fingerprint density at radius 1 is 0.973 bits per heavy atom. The molecule has 1 heterocycles. The lowest BCUT2D eigenvalue weighted by atomic mass is 9.94. The van der Waals surface area contributed by atoms with E-state index in [1.807, 2.05) is 72.8 Å². The number of ether oxygens (including phenoxy) is 2. The third-order valence-electron chi connectivity index (χ3n) is 6.18. The van der Waals surface area contributed by atoms with Crippen molar-refractivity contribution in [3.05, 3.63) is 83.9 Å². The SMILES string of the molecule is O=C(C[C@H]1CC=CC[C@@H](Cc2ccccc2)C(=O)OC[C@@H](c2ccccc2)NC1=O)NCCOCCO. The number of hydrogen-bond donors (Lipinski definition) is 3. The van der Waals surface area contributed by atoms with Crippen LogP contribution in [0.15, 0.2) is 72.8 Å². The summed E-state index contributed by atoms with van der Waals surface area (Å²) in [6, 6.07) is 18.6. The van der Waals surface area contributed by atoms with Gasteiger partial charge in [-0.05, 0) is 30.4 Å². The van der Waals surface area contributed by atoms with Crippen LogP contribution in [0.2, 0.25) is 0 Å². The van der Waals surface area contributed by atoms with E-state index in [9.17, 15) is 14.4 Å². The van der Waals surface area contributed by atoms with Crippen LogP contribution in [0.4, 0.5) is 0 Å². The Morgan fingerprint density at radius 3 is 2.35 bits per heavy atom. The number of esters is 1. The summed E-state index contributed by atoms with van der Waals surface area (Å²) in [5.74, 6) is -1.77. The van der Waals surface area contributed by atoms with E-state index in [1.54, 1.807) is 0 Å². The largest absolute Gasteiger partial charge is 0.463 e. The Balaban J connectivity index is 1.73. The molecule has 3 atom stereocenters. The van der Waals surface area contributed by atoms with E-state index in [0.29, 0.717) is 25.8 Å². The van der Waals surface area contributed by atoms with Crippen molar-refractivity contribution >= 4 is 17.8 Å². The monoisotopic (exact) mass is 508 g/mol. The van der Waals surface area contributed by atoms with Gasteiger partial charge >= 0.3 is 5.97 Å². The van der Waals surface area contributed by atoms with Gasteiger partial charge in [0.15, 0.2) is 0 Å². The van der Waals surface area contributed by atoms with Gasteiger partial charge in [0.2, 0.25) is 11.8 Å². The zero-order chi connectivity index (χ0) is 26.3. The maximum atomic E-state index is 13.2. The minimum absolute atomic E-state index is 0.00467. The van der Waals surface area contributed by atoms with Gasteiger partial charge in [0.1, 0.15) is 6.61 Å². The molecule has 8 heteroatoms. The Bertz CT molecular complexity index is 1010. The molecule has 3 N–H and O–H groups in total. The van der Waals surface area contributed by atoms with Gasteiger partial charge < -0.3 is 25.2 Å². The Kier molecular flexibility index (Phi) is 11.8. The minimum atomic E-state index is -0.580. The number of carbonyl (C=O) groups excluding carboxylic acids is 3. The first-order chi connectivity index (χ1) is 18.1. The molecular formula is C29H36N2O6. The summed E-state index contributed by atoms with van der Waals surface area (Å²) < 4.78 is 10.9. The molecule has 0 saturated heterocycles. The Morgan fingerprint density at radius 2 is 1.65 bits per heavy atom. The van der Waals surface area contributed by atoms with Crippen LogP contribution in [0.3, 0.4) is 0 Å². The van der Waals surface area contributed by atoms with E-state index in [-0.39, 0.29) is 56.5 Å². The Hall–Kier alpha value is -3.49. The number of allylic oxidation sites excluding steroid dienone is 2. The van der Waals surface area contributed by atoms with E-state index < -0.39 is 12.0 Å². The van der Waals surface area contributed by atoms with Crippen LogP contribution in [-0.2, 0) is 30.3 Å². The van der Waals surface area contributed by atoms with E-state index in [4.69, 9.17) is 14.6 Å². The van der Waals surface area contributed by atoms with Crippen molar-refractivity contribution in [2.75, 3.05) is 33.0 Å². The first-order valence-electron chi connectivity index (χ1n) is 12.7. The number of rotatable bonds is 10. The second-order valence-corrected chi connectivity index (χ2v) is 9.02. The molecular weight excluding hydrogens is 472 g/mol. The zero-order valence-electron chi connectivity index (χ0n) is 21.0. The highest BCUT2D eigenvalue weighted by atomic mass is 16.5. The maximum Gasteiger partial charge on any atom is 0.309 e. The standard InChI is InChI=1S/C29H36N2O6/c32-16-18-36-17-15-30-27(33)20-24-13-7-8-14-25(19-22-9-3-1-4-10-22)29(35)37-21-26(31-28(24)34)23-11-5-2-6-12-23/h1-12,24-26,32H,13-21H2,(H,30,33)(H,31,34)/t24-,25+,26+/m1/s1. The molecule has 0 unspecified atom stereocenters. The van der Waals surface area contributed by atoms with Crippen molar-refractivity contribution in [1.29, 1.82) is 0 Å². The fourth-order valence-electron chi connectivity index (χ4n) is 4.17. The van der Waals surface area contributed by atoms with Crippen LogP contribution in [0.25, 0.3) is 0 Å². The summed E-state index contributed by atoms with van der Waals surface area (Å²) >= 11 is 0. The Labute approximate surface area is 218 Å². The maximum absolute atomic E-state index is 13.2. The lowest BCUT2D eigenvalue weighted by Gasteiger charge is -2.24. The highest BCUT2D eigenvalue weighted by Crippen LogP contribution is 2.21. The van der Waals surface area contributed by atoms with Crippen molar-refractivity contribution in [3.63, 3.8) is 0 Å². The van der Waals surface area contributed by atoms with E-state index in [2.05, 4.69) is 10.6 Å². The second-order valence-electron chi connectivity index (χ2n) is 9.02. The summed E-state index contributed by atoms with van der Waals surface area (Å²) in [4.78, 5) is 38.8. The molecule has 0 aliphatic carbocycles.